The molecule has 0 saturated heterocycles. The molecule has 4 heteroatoms. The van der Waals surface area contributed by atoms with Gasteiger partial charge >= 0.3 is 0 Å². The number of halogens is 1. The first-order chi connectivity index (χ1) is 8.83. The molecule has 1 aliphatic rings. The molecule has 1 aromatic heterocycles. The van der Waals surface area contributed by atoms with Gasteiger partial charge in [0.25, 0.3) is 0 Å². The molecule has 0 atom stereocenters. The van der Waals surface area contributed by atoms with Crippen molar-refractivity contribution in [2.45, 2.75) is 38.0 Å². The van der Waals surface area contributed by atoms with Gasteiger partial charge in [-0.1, -0.05) is 24.4 Å². The fourth-order valence-electron chi connectivity index (χ4n) is 2.47. The predicted octanol–water partition coefficient (Wildman–Crippen LogP) is 3.92. The van der Waals surface area contributed by atoms with Gasteiger partial charge in [-0.25, -0.2) is 4.39 Å². The summed E-state index contributed by atoms with van der Waals surface area (Å²) in [6, 6.07) is 6.16. The Bertz CT molecular complexity index is 515. The van der Waals surface area contributed by atoms with E-state index in [9.17, 15) is 4.39 Å². The summed E-state index contributed by atoms with van der Waals surface area (Å²) in [5, 5.41) is 3.98. The van der Waals surface area contributed by atoms with Gasteiger partial charge in [-0.05, 0) is 37.1 Å². The van der Waals surface area contributed by atoms with Gasteiger partial charge in [-0.3, -0.25) is 0 Å². The van der Waals surface area contributed by atoms with Crippen LogP contribution in [0.2, 0.25) is 0 Å². The Balaban J connectivity index is 1.82. The number of rotatable bonds is 2. The fraction of sp³-hybridized carbons (Fsp3) is 0.429. The van der Waals surface area contributed by atoms with Gasteiger partial charge in [0.1, 0.15) is 5.82 Å². The highest BCUT2D eigenvalue weighted by Gasteiger charge is 2.21. The maximum Gasteiger partial charge on any atom is 0.230 e. The summed E-state index contributed by atoms with van der Waals surface area (Å²) in [5.74, 6) is 1.43. The van der Waals surface area contributed by atoms with Crippen LogP contribution in [0.15, 0.2) is 28.8 Å². The van der Waals surface area contributed by atoms with Crippen molar-refractivity contribution in [1.82, 2.24) is 10.1 Å². The van der Waals surface area contributed by atoms with Crippen LogP contribution in [0, 0.1) is 5.82 Å². The van der Waals surface area contributed by atoms with Crippen molar-refractivity contribution in [2.75, 3.05) is 0 Å². The van der Waals surface area contributed by atoms with E-state index in [0.29, 0.717) is 11.7 Å². The van der Waals surface area contributed by atoms with Crippen molar-refractivity contribution in [3.8, 4) is 11.4 Å². The highest BCUT2D eigenvalue weighted by Crippen LogP contribution is 2.32. The van der Waals surface area contributed by atoms with Gasteiger partial charge in [0.05, 0.1) is 0 Å². The molecule has 0 spiro atoms. The minimum Gasteiger partial charge on any atom is -0.339 e. The summed E-state index contributed by atoms with van der Waals surface area (Å²) in [6.07, 6.45) is 6.03. The average molecular weight is 246 g/mol. The molecular weight excluding hydrogens is 231 g/mol. The maximum absolute atomic E-state index is 12.8. The Kier molecular flexibility index (Phi) is 3.09. The molecule has 94 valence electrons. The fourth-order valence-corrected chi connectivity index (χ4v) is 2.47. The standard InChI is InChI=1S/C14H15FN2O/c15-12-8-6-10(7-9-12)13-16-14(18-17-13)11-4-2-1-3-5-11/h6-9,11H,1-5H2. The van der Waals surface area contributed by atoms with Gasteiger partial charge in [0.15, 0.2) is 0 Å². The van der Waals surface area contributed by atoms with Gasteiger partial charge < -0.3 is 4.52 Å². The summed E-state index contributed by atoms with van der Waals surface area (Å²) < 4.78 is 18.2. The van der Waals surface area contributed by atoms with E-state index in [4.69, 9.17) is 4.52 Å². The van der Waals surface area contributed by atoms with Crippen molar-refractivity contribution in [3.63, 3.8) is 0 Å². The van der Waals surface area contributed by atoms with E-state index in [0.717, 1.165) is 24.3 Å². The molecule has 1 aromatic carbocycles. The Morgan fingerprint density at radius 3 is 2.50 bits per heavy atom. The second kappa shape index (κ2) is 4.88. The summed E-state index contributed by atoms with van der Waals surface area (Å²) in [4.78, 5) is 4.43. The van der Waals surface area contributed by atoms with Gasteiger partial charge in [0.2, 0.25) is 11.7 Å². The first-order valence-electron chi connectivity index (χ1n) is 6.42. The van der Waals surface area contributed by atoms with Crippen molar-refractivity contribution in [1.29, 1.82) is 0 Å². The van der Waals surface area contributed by atoms with Crippen LogP contribution in [0.4, 0.5) is 4.39 Å². The van der Waals surface area contributed by atoms with Crippen molar-refractivity contribution in [2.24, 2.45) is 0 Å². The monoisotopic (exact) mass is 246 g/mol. The largest absolute Gasteiger partial charge is 0.339 e. The highest BCUT2D eigenvalue weighted by molar-refractivity contribution is 5.53. The molecule has 0 N–H and O–H groups in total. The van der Waals surface area contributed by atoms with Crippen LogP contribution in [0.1, 0.15) is 43.9 Å². The molecule has 1 heterocycles. The lowest BCUT2D eigenvalue weighted by molar-refractivity contribution is 0.314. The molecule has 3 rings (SSSR count). The number of hydrogen-bond donors (Lipinski definition) is 0. The Hall–Kier alpha value is -1.71. The van der Waals surface area contributed by atoms with E-state index in [-0.39, 0.29) is 5.82 Å². The summed E-state index contributed by atoms with van der Waals surface area (Å²) in [5.41, 5.74) is 0.794. The third-order valence-electron chi connectivity index (χ3n) is 3.50. The summed E-state index contributed by atoms with van der Waals surface area (Å²) in [6.45, 7) is 0. The maximum atomic E-state index is 12.8. The third-order valence-corrected chi connectivity index (χ3v) is 3.50. The highest BCUT2D eigenvalue weighted by atomic mass is 19.1. The molecule has 1 aliphatic carbocycles. The van der Waals surface area contributed by atoms with E-state index in [2.05, 4.69) is 10.1 Å². The van der Waals surface area contributed by atoms with Crippen LogP contribution < -0.4 is 0 Å². The minimum absolute atomic E-state index is 0.255. The molecule has 0 unspecified atom stereocenters. The normalized spacial score (nSPS) is 16.9. The van der Waals surface area contributed by atoms with Crippen molar-refractivity contribution < 1.29 is 8.91 Å². The van der Waals surface area contributed by atoms with E-state index in [1.165, 1.54) is 31.4 Å². The lowest BCUT2D eigenvalue weighted by Gasteiger charge is -2.17. The molecule has 0 bridgehead atoms. The molecule has 2 aromatic rings. The lowest BCUT2D eigenvalue weighted by Crippen LogP contribution is -2.04. The third kappa shape index (κ3) is 2.28. The van der Waals surface area contributed by atoms with Crippen LogP contribution in [0.25, 0.3) is 11.4 Å². The zero-order valence-corrected chi connectivity index (χ0v) is 10.1. The second-order valence-electron chi connectivity index (χ2n) is 4.80. The number of aromatic nitrogens is 2. The molecule has 3 nitrogen and oxygen atoms in total. The Morgan fingerprint density at radius 1 is 1.06 bits per heavy atom. The lowest BCUT2D eigenvalue weighted by atomic mass is 9.89. The second-order valence-corrected chi connectivity index (χ2v) is 4.80. The first kappa shape index (κ1) is 11.4. The van der Waals surface area contributed by atoms with Gasteiger partial charge in [0, 0.05) is 11.5 Å². The zero-order valence-electron chi connectivity index (χ0n) is 10.1. The Morgan fingerprint density at radius 2 is 1.78 bits per heavy atom. The van der Waals surface area contributed by atoms with Crippen LogP contribution >= 0.6 is 0 Å². The summed E-state index contributed by atoms with van der Waals surface area (Å²) in [7, 11) is 0. The molecule has 0 radical (unpaired) electrons. The van der Waals surface area contributed by atoms with Crippen molar-refractivity contribution in [3.05, 3.63) is 36.0 Å². The molecule has 1 saturated carbocycles. The number of benzene rings is 1. The van der Waals surface area contributed by atoms with E-state index >= 15 is 0 Å². The van der Waals surface area contributed by atoms with E-state index in [1.54, 1.807) is 12.1 Å². The van der Waals surface area contributed by atoms with E-state index in [1.807, 2.05) is 0 Å². The molecular formula is C14H15FN2O. The SMILES string of the molecule is Fc1ccc(-c2noc(C3CCCCC3)n2)cc1. The minimum atomic E-state index is -0.255. The quantitative estimate of drug-likeness (QED) is 0.806. The van der Waals surface area contributed by atoms with Crippen LogP contribution in [0.3, 0.4) is 0 Å². The van der Waals surface area contributed by atoms with Crippen molar-refractivity contribution >= 4 is 0 Å². The van der Waals surface area contributed by atoms with Crippen LogP contribution in [-0.2, 0) is 0 Å². The predicted molar refractivity (Wildman–Crippen MR) is 65.5 cm³/mol. The Labute approximate surface area is 105 Å². The topological polar surface area (TPSA) is 38.9 Å². The average Bonchev–Trinajstić information content (AvgIpc) is 2.90. The summed E-state index contributed by atoms with van der Waals surface area (Å²) >= 11 is 0. The van der Waals surface area contributed by atoms with E-state index < -0.39 is 0 Å². The molecule has 0 amide bonds. The number of hydrogen-bond acceptors (Lipinski definition) is 3. The smallest absolute Gasteiger partial charge is 0.230 e. The van der Waals surface area contributed by atoms with Crippen LogP contribution in [-0.4, -0.2) is 10.1 Å². The number of nitrogens with zero attached hydrogens (tertiary/aromatic N) is 2. The molecule has 1 fully saturated rings. The zero-order chi connectivity index (χ0) is 12.4. The first-order valence-corrected chi connectivity index (χ1v) is 6.42. The van der Waals surface area contributed by atoms with Gasteiger partial charge in [-0.2, -0.15) is 4.98 Å². The van der Waals surface area contributed by atoms with Gasteiger partial charge in [-0.15, -0.1) is 0 Å². The molecule has 0 aliphatic heterocycles. The molecule has 18 heavy (non-hydrogen) atoms. The van der Waals surface area contributed by atoms with Crippen LogP contribution in [0.5, 0.6) is 0 Å².